The van der Waals surface area contributed by atoms with Crippen LogP contribution >= 0.6 is 0 Å². The Kier molecular flexibility index (Phi) is 6.30. The summed E-state index contributed by atoms with van der Waals surface area (Å²) < 4.78 is 0. The van der Waals surface area contributed by atoms with Gasteiger partial charge in [-0.1, -0.05) is 30.3 Å². The monoisotopic (exact) mass is 372 g/mol. The van der Waals surface area contributed by atoms with Crippen molar-refractivity contribution in [3.8, 4) is 0 Å². The molecule has 2 heterocycles. The van der Waals surface area contributed by atoms with E-state index in [4.69, 9.17) is 0 Å². The van der Waals surface area contributed by atoms with Crippen molar-refractivity contribution in [1.29, 1.82) is 0 Å². The maximum absolute atomic E-state index is 12.2. The second kappa shape index (κ2) is 9.48. The van der Waals surface area contributed by atoms with Crippen molar-refractivity contribution in [2.45, 2.75) is 0 Å². The number of benzene rings is 1. The smallest absolute Gasteiger partial charge is 0.267 e. The van der Waals surface area contributed by atoms with Crippen LogP contribution in [0.3, 0.4) is 0 Å². The highest BCUT2D eigenvalue weighted by molar-refractivity contribution is 6.38. The summed E-state index contributed by atoms with van der Waals surface area (Å²) in [7, 11) is 0. The third-order valence-corrected chi connectivity index (χ3v) is 3.55. The van der Waals surface area contributed by atoms with Crippen LogP contribution in [-0.2, 0) is 0 Å². The van der Waals surface area contributed by atoms with E-state index in [-0.39, 0.29) is 0 Å². The van der Waals surface area contributed by atoms with Crippen LogP contribution in [0.5, 0.6) is 0 Å². The minimum atomic E-state index is -0.408. The van der Waals surface area contributed by atoms with Crippen LogP contribution in [0.2, 0.25) is 0 Å². The van der Waals surface area contributed by atoms with Gasteiger partial charge in [-0.05, 0) is 24.3 Å². The predicted octanol–water partition coefficient (Wildman–Crippen LogP) is 2.03. The molecule has 0 unspecified atom stereocenters. The van der Waals surface area contributed by atoms with E-state index in [1.165, 1.54) is 18.6 Å². The zero-order valence-electron chi connectivity index (χ0n) is 14.7. The van der Waals surface area contributed by atoms with Gasteiger partial charge in [0.15, 0.2) is 0 Å². The van der Waals surface area contributed by atoms with E-state index in [9.17, 15) is 9.59 Å². The molecule has 3 rings (SSSR count). The van der Waals surface area contributed by atoms with Gasteiger partial charge in [-0.3, -0.25) is 19.6 Å². The van der Waals surface area contributed by atoms with Gasteiger partial charge < -0.3 is 0 Å². The maximum atomic E-state index is 12.2. The quantitative estimate of drug-likeness (QED) is 0.510. The van der Waals surface area contributed by atoms with Crippen molar-refractivity contribution < 1.29 is 9.59 Å². The second-order valence-corrected chi connectivity index (χ2v) is 5.49. The van der Waals surface area contributed by atoms with Crippen molar-refractivity contribution in [1.82, 2.24) is 20.8 Å². The first kappa shape index (κ1) is 18.6. The molecular formula is C20H16N6O2. The predicted molar refractivity (Wildman–Crippen MR) is 105 cm³/mol. The molecule has 0 aliphatic carbocycles. The first-order valence-corrected chi connectivity index (χ1v) is 8.31. The van der Waals surface area contributed by atoms with Gasteiger partial charge in [0.05, 0.1) is 17.3 Å². The van der Waals surface area contributed by atoms with Crippen molar-refractivity contribution in [2.24, 2.45) is 10.2 Å². The highest BCUT2D eigenvalue weighted by atomic mass is 16.2. The van der Waals surface area contributed by atoms with Crippen LogP contribution < -0.4 is 10.9 Å². The molecule has 0 spiro atoms. The van der Waals surface area contributed by atoms with Gasteiger partial charge in [0.1, 0.15) is 5.71 Å². The molecule has 3 aromatic rings. The number of nitrogens with one attached hydrogen (secondary N) is 2. The summed E-state index contributed by atoms with van der Waals surface area (Å²) in [4.78, 5) is 32.0. The van der Waals surface area contributed by atoms with E-state index in [0.717, 1.165) is 0 Å². The van der Waals surface area contributed by atoms with Crippen LogP contribution in [-0.4, -0.2) is 33.7 Å². The molecule has 8 heteroatoms. The number of hydrazone groups is 2. The van der Waals surface area contributed by atoms with E-state index < -0.39 is 11.8 Å². The summed E-state index contributed by atoms with van der Waals surface area (Å²) in [5.41, 5.74) is 6.70. The molecule has 0 aliphatic heterocycles. The minimum Gasteiger partial charge on any atom is -0.267 e. The molecule has 0 saturated heterocycles. The van der Waals surface area contributed by atoms with E-state index in [1.54, 1.807) is 36.7 Å². The number of hydrogen-bond acceptors (Lipinski definition) is 6. The van der Waals surface area contributed by atoms with Gasteiger partial charge >= 0.3 is 0 Å². The molecule has 2 aromatic heterocycles. The van der Waals surface area contributed by atoms with Crippen LogP contribution in [0.25, 0.3) is 0 Å². The number of rotatable bonds is 6. The van der Waals surface area contributed by atoms with E-state index in [0.29, 0.717) is 22.4 Å². The Hall–Kier alpha value is -4.20. The fourth-order valence-corrected chi connectivity index (χ4v) is 2.16. The third-order valence-electron chi connectivity index (χ3n) is 3.55. The summed E-state index contributed by atoms with van der Waals surface area (Å²) in [6.45, 7) is 0. The molecule has 1 aromatic carbocycles. The molecule has 0 aliphatic rings. The number of pyridine rings is 2. The molecule has 28 heavy (non-hydrogen) atoms. The molecule has 2 amide bonds. The molecule has 0 radical (unpaired) electrons. The Morgan fingerprint density at radius 2 is 1.32 bits per heavy atom. The largest absolute Gasteiger partial charge is 0.272 e. The van der Waals surface area contributed by atoms with Crippen molar-refractivity contribution >= 4 is 23.7 Å². The first-order chi connectivity index (χ1) is 13.7. The topological polar surface area (TPSA) is 109 Å². The van der Waals surface area contributed by atoms with Gasteiger partial charge in [0.25, 0.3) is 11.8 Å². The van der Waals surface area contributed by atoms with Gasteiger partial charge in [0.2, 0.25) is 0 Å². The van der Waals surface area contributed by atoms with Crippen molar-refractivity contribution in [2.75, 3.05) is 0 Å². The highest BCUT2D eigenvalue weighted by Crippen LogP contribution is 2.01. The number of amides is 2. The van der Waals surface area contributed by atoms with Gasteiger partial charge in [0, 0.05) is 30.4 Å². The zero-order valence-corrected chi connectivity index (χ0v) is 14.7. The van der Waals surface area contributed by atoms with E-state index in [2.05, 4.69) is 31.0 Å². The molecule has 2 N–H and O–H groups in total. The number of carbonyl (C=O) groups excluding carboxylic acids is 2. The lowest BCUT2D eigenvalue weighted by molar-refractivity contribution is 0.0946. The molecule has 0 bridgehead atoms. The SMILES string of the molecule is O=C(NN=CC(=NNC(=O)c1cccnc1)c1ccccc1)c1cccnc1. The van der Waals surface area contributed by atoms with Gasteiger partial charge in [-0.15, -0.1) is 0 Å². The Morgan fingerprint density at radius 1 is 0.750 bits per heavy atom. The minimum absolute atomic E-state index is 0.365. The number of carbonyl (C=O) groups is 2. The molecule has 0 atom stereocenters. The van der Waals surface area contributed by atoms with Crippen molar-refractivity contribution in [3.63, 3.8) is 0 Å². The third kappa shape index (κ3) is 5.15. The maximum Gasteiger partial charge on any atom is 0.272 e. The highest BCUT2D eigenvalue weighted by Gasteiger charge is 2.07. The van der Waals surface area contributed by atoms with Crippen LogP contribution in [0.15, 0.2) is 89.6 Å². The molecular weight excluding hydrogens is 356 g/mol. The van der Waals surface area contributed by atoms with Gasteiger partial charge in [-0.25, -0.2) is 10.9 Å². The fourth-order valence-electron chi connectivity index (χ4n) is 2.16. The lowest BCUT2D eigenvalue weighted by Crippen LogP contribution is -2.22. The summed E-state index contributed by atoms with van der Waals surface area (Å²) in [5.74, 6) is -0.814. The summed E-state index contributed by atoms with van der Waals surface area (Å²) in [6.07, 6.45) is 7.38. The normalized spacial score (nSPS) is 11.2. The first-order valence-electron chi connectivity index (χ1n) is 8.31. The second-order valence-electron chi connectivity index (χ2n) is 5.49. The lowest BCUT2D eigenvalue weighted by Gasteiger charge is -2.04. The zero-order chi connectivity index (χ0) is 19.6. The average Bonchev–Trinajstić information content (AvgIpc) is 2.77. The molecule has 0 fully saturated rings. The standard InChI is InChI=1S/C20H16N6O2/c27-19(16-8-4-10-21-12-16)25-23-14-18(15-6-2-1-3-7-15)24-26-20(28)17-9-5-11-22-13-17/h1-14H,(H,25,27)(H,26,28). The number of aromatic nitrogens is 2. The van der Waals surface area contributed by atoms with Crippen LogP contribution in [0, 0.1) is 0 Å². The summed E-state index contributed by atoms with van der Waals surface area (Å²) in [6, 6.07) is 15.7. The van der Waals surface area contributed by atoms with Crippen molar-refractivity contribution in [3.05, 3.63) is 96.1 Å². The fraction of sp³-hybridized carbons (Fsp3) is 0. The Labute approximate surface area is 161 Å². The lowest BCUT2D eigenvalue weighted by atomic mass is 10.1. The Morgan fingerprint density at radius 3 is 1.89 bits per heavy atom. The van der Waals surface area contributed by atoms with E-state index in [1.807, 2.05) is 30.3 Å². The van der Waals surface area contributed by atoms with E-state index >= 15 is 0 Å². The Bertz CT molecular complexity index is 989. The molecule has 0 saturated carbocycles. The Balaban J connectivity index is 1.74. The average molecular weight is 372 g/mol. The molecule has 8 nitrogen and oxygen atoms in total. The summed E-state index contributed by atoms with van der Waals surface area (Å²) in [5, 5.41) is 8.04. The number of hydrogen-bond donors (Lipinski definition) is 2. The van der Waals surface area contributed by atoms with Crippen LogP contribution in [0.4, 0.5) is 0 Å². The molecule has 138 valence electrons. The summed E-state index contributed by atoms with van der Waals surface area (Å²) >= 11 is 0. The van der Waals surface area contributed by atoms with Gasteiger partial charge in [-0.2, -0.15) is 10.2 Å². The number of nitrogens with zero attached hydrogens (tertiary/aromatic N) is 4. The van der Waals surface area contributed by atoms with Crippen LogP contribution in [0.1, 0.15) is 26.3 Å².